The quantitative estimate of drug-likeness (QED) is 0.850. The molecule has 96 valence electrons. The largest absolute Gasteiger partial charge is 0.373 e. The topological polar surface area (TPSA) is 61.2 Å². The maximum atomic E-state index is 9.24. The molecule has 1 fully saturated rings. The molecule has 5 heteroatoms. The summed E-state index contributed by atoms with van der Waals surface area (Å²) < 4.78 is 5.66. The van der Waals surface area contributed by atoms with Gasteiger partial charge in [-0.3, -0.25) is 0 Å². The van der Waals surface area contributed by atoms with Gasteiger partial charge in [0.25, 0.3) is 0 Å². The van der Waals surface area contributed by atoms with Crippen LogP contribution in [0.3, 0.4) is 0 Å². The van der Waals surface area contributed by atoms with Crippen LogP contribution in [0.15, 0.2) is 12.3 Å². The van der Waals surface area contributed by atoms with Gasteiger partial charge in [-0.1, -0.05) is 0 Å². The Morgan fingerprint density at radius 3 is 3.22 bits per heavy atom. The van der Waals surface area contributed by atoms with Crippen LogP contribution >= 0.6 is 0 Å². The highest BCUT2D eigenvalue weighted by atomic mass is 16.5. The molecule has 2 heterocycles. The van der Waals surface area contributed by atoms with Crippen molar-refractivity contribution in [3.63, 3.8) is 0 Å². The maximum Gasteiger partial charge on any atom is 0.146 e. The number of pyridine rings is 1. The molecule has 1 N–H and O–H groups in total. The highest BCUT2D eigenvalue weighted by Gasteiger charge is 2.23. The van der Waals surface area contributed by atoms with E-state index in [0.29, 0.717) is 12.2 Å². The van der Waals surface area contributed by atoms with Gasteiger partial charge in [-0.15, -0.1) is 0 Å². The smallest absolute Gasteiger partial charge is 0.146 e. The normalized spacial score (nSPS) is 19.6. The molecule has 1 aromatic rings. The molecule has 2 rings (SSSR count). The van der Waals surface area contributed by atoms with Gasteiger partial charge in [0.05, 0.1) is 18.3 Å². The van der Waals surface area contributed by atoms with E-state index in [9.17, 15) is 5.26 Å². The lowest BCUT2D eigenvalue weighted by Gasteiger charge is -2.34. The molecule has 1 aliphatic rings. The number of anilines is 1. The van der Waals surface area contributed by atoms with Crippen LogP contribution < -0.4 is 10.2 Å². The van der Waals surface area contributed by atoms with Gasteiger partial charge >= 0.3 is 0 Å². The van der Waals surface area contributed by atoms with Crippen molar-refractivity contribution < 1.29 is 4.74 Å². The Bertz CT molecular complexity index is 453. The minimum Gasteiger partial charge on any atom is -0.373 e. The summed E-state index contributed by atoms with van der Waals surface area (Å²) in [5, 5.41) is 12.4. The first-order valence-electron chi connectivity index (χ1n) is 6.13. The molecule has 1 aliphatic heterocycles. The number of aromatic nitrogens is 1. The van der Waals surface area contributed by atoms with Gasteiger partial charge in [-0.25, -0.2) is 4.98 Å². The monoisotopic (exact) mass is 246 g/mol. The van der Waals surface area contributed by atoms with Crippen LogP contribution in [0, 0.1) is 18.3 Å². The molecule has 1 saturated heterocycles. The maximum absolute atomic E-state index is 9.24. The van der Waals surface area contributed by atoms with Crippen molar-refractivity contribution in [2.24, 2.45) is 0 Å². The lowest BCUT2D eigenvalue weighted by atomic mass is 10.1. The number of hydrogen-bond acceptors (Lipinski definition) is 5. The zero-order valence-electron chi connectivity index (χ0n) is 10.8. The fraction of sp³-hybridized carbons (Fsp3) is 0.538. The van der Waals surface area contributed by atoms with Crippen molar-refractivity contribution in [2.45, 2.75) is 13.0 Å². The van der Waals surface area contributed by atoms with E-state index in [2.05, 4.69) is 21.3 Å². The average Bonchev–Trinajstić information content (AvgIpc) is 2.39. The highest BCUT2D eigenvalue weighted by molar-refractivity contribution is 5.57. The molecule has 0 amide bonds. The molecule has 1 aromatic heterocycles. The predicted molar refractivity (Wildman–Crippen MR) is 69.6 cm³/mol. The van der Waals surface area contributed by atoms with Crippen LogP contribution in [-0.2, 0) is 4.74 Å². The lowest BCUT2D eigenvalue weighted by Crippen LogP contribution is -2.46. The third kappa shape index (κ3) is 2.61. The van der Waals surface area contributed by atoms with E-state index in [-0.39, 0.29) is 6.10 Å². The molecule has 0 bridgehead atoms. The number of nitriles is 1. The van der Waals surface area contributed by atoms with Crippen LogP contribution in [-0.4, -0.2) is 44.4 Å². The number of nitrogens with one attached hydrogen (secondary N) is 1. The number of aryl methyl sites for hydroxylation is 1. The minimum atomic E-state index is 0.151. The Hall–Kier alpha value is -1.64. The molecular formula is C13H18N4O. The fourth-order valence-electron chi connectivity index (χ4n) is 2.18. The van der Waals surface area contributed by atoms with Crippen LogP contribution in [0.1, 0.15) is 11.1 Å². The van der Waals surface area contributed by atoms with Crippen LogP contribution in [0.2, 0.25) is 0 Å². The van der Waals surface area contributed by atoms with Crippen LogP contribution in [0.4, 0.5) is 5.82 Å². The summed E-state index contributed by atoms with van der Waals surface area (Å²) in [6, 6.07) is 4.12. The summed E-state index contributed by atoms with van der Waals surface area (Å²) in [5.74, 6) is 0.780. The van der Waals surface area contributed by atoms with Crippen LogP contribution in [0.25, 0.3) is 0 Å². The number of nitrogens with zero attached hydrogens (tertiary/aromatic N) is 3. The molecular weight excluding hydrogens is 228 g/mol. The average molecular weight is 246 g/mol. The Labute approximate surface area is 107 Å². The van der Waals surface area contributed by atoms with E-state index in [1.807, 2.05) is 20.0 Å². The van der Waals surface area contributed by atoms with Crippen molar-refractivity contribution in [3.8, 4) is 6.07 Å². The highest BCUT2D eigenvalue weighted by Crippen LogP contribution is 2.21. The van der Waals surface area contributed by atoms with E-state index in [1.54, 1.807) is 6.20 Å². The number of ether oxygens (including phenoxy) is 1. The van der Waals surface area contributed by atoms with E-state index < -0.39 is 0 Å². The number of rotatable bonds is 3. The Morgan fingerprint density at radius 2 is 2.50 bits per heavy atom. The summed E-state index contributed by atoms with van der Waals surface area (Å²) >= 11 is 0. The Kier molecular flexibility index (Phi) is 4.13. The first kappa shape index (κ1) is 12.8. The minimum absolute atomic E-state index is 0.151. The summed E-state index contributed by atoms with van der Waals surface area (Å²) in [5.41, 5.74) is 1.64. The summed E-state index contributed by atoms with van der Waals surface area (Å²) in [7, 11) is 1.91. The Morgan fingerprint density at radius 1 is 1.67 bits per heavy atom. The van der Waals surface area contributed by atoms with Gasteiger partial charge in [0.1, 0.15) is 11.9 Å². The predicted octanol–water partition coefficient (Wildman–Crippen LogP) is 0.686. The molecule has 18 heavy (non-hydrogen) atoms. The van der Waals surface area contributed by atoms with E-state index in [4.69, 9.17) is 4.74 Å². The first-order chi connectivity index (χ1) is 8.76. The zero-order valence-corrected chi connectivity index (χ0v) is 10.8. The lowest BCUT2D eigenvalue weighted by molar-refractivity contribution is 0.0419. The fourth-order valence-corrected chi connectivity index (χ4v) is 2.18. The van der Waals surface area contributed by atoms with E-state index >= 15 is 0 Å². The van der Waals surface area contributed by atoms with E-state index in [0.717, 1.165) is 31.0 Å². The molecule has 1 unspecified atom stereocenters. The molecule has 0 aliphatic carbocycles. The molecule has 5 nitrogen and oxygen atoms in total. The summed E-state index contributed by atoms with van der Waals surface area (Å²) in [4.78, 5) is 6.49. The standard InChI is InChI=1S/C13H18N4O/c1-10-3-4-16-13(12(10)7-14)17-5-6-18-11(9-17)8-15-2/h3-4,11,15H,5-6,8-9H2,1-2H3. The van der Waals surface area contributed by atoms with Gasteiger partial charge in [-0.05, 0) is 25.6 Å². The number of likely N-dealkylation sites (N-methyl/N-ethyl adjacent to an activating group) is 1. The third-order valence-corrected chi connectivity index (χ3v) is 3.12. The second-order valence-corrected chi connectivity index (χ2v) is 4.43. The van der Waals surface area contributed by atoms with Gasteiger partial charge in [0.2, 0.25) is 0 Å². The van der Waals surface area contributed by atoms with Gasteiger partial charge in [0, 0.05) is 25.8 Å². The van der Waals surface area contributed by atoms with Crippen molar-refractivity contribution >= 4 is 5.82 Å². The van der Waals surface area contributed by atoms with Crippen molar-refractivity contribution in [3.05, 3.63) is 23.4 Å². The Balaban J connectivity index is 2.21. The SMILES string of the molecule is CNCC1CN(c2nccc(C)c2C#N)CCO1. The first-order valence-corrected chi connectivity index (χ1v) is 6.13. The number of hydrogen-bond donors (Lipinski definition) is 1. The van der Waals surface area contributed by atoms with Gasteiger partial charge in [0.15, 0.2) is 0 Å². The van der Waals surface area contributed by atoms with Gasteiger partial charge < -0.3 is 15.0 Å². The van der Waals surface area contributed by atoms with Crippen molar-refractivity contribution in [1.82, 2.24) is 10.3 Å². The third-order valence-electron chi connectivity index (χ3n) is 3.12. The summed E-state index contributed by atoms with van der Waals surface area (Å²) in [6.07, 6.45) is 1.91. The van der Waals surface area contributed by atoms with Gasteiger partial charge in [-0.2, -0.15) is 5.26 Å². The number of morpholine rings is 1. The molecule has 0 spiro atoms. The van der Waals surface area contributed by atoms with E-state index in [1.165, 1.54) is 0 Å². The molecule has 0 radical (unpaired) electrons. The molecule has 1 atom stereocenters. The van der Waals surface area contributed by atoms with Crippen LogP contribution in [0.5, 0.6) is 0 Å². The molecule has 0 aromatic carbocycles. The second kappa shape index (κ2) is 5.80. The molecule has 0 saturated carbocycles. The summed E-state index contributed by atoms with van der Waals surface area (Å²) in [6.45, 7) is 4.98. The zero-order chi connectivity index (χ0) is 13.0. The second-order valence-electron chi connectivity index (χ2n) is 4.43. The van der Waals surface area contributed by atoms with Crippen molar-refractivity contribution in [1.29, 1.82) is 5.26 Å². The van der Waals surface area contributed by atoms with Crippen molar-refractivity contribution in [2.75, 3.05) is 38.2 Å².